The van der Waals surface area contributed by atoms with E-state index in [0.29, 0.717) is 0 Å². The summed E-state index contributed by atoms with van der Waals surface area (Å²) in [4.78, 5) is 5.31. The molecule has 0 spiro atoms. The molecule has 43 heavy (non-hydrogen) atoms. The summed E-state index contributed by atoms with van der Waals surface area (Å²) in [7, 11) is 0. The number of rotatable bonds is 12. The molecule has 0 aliphatic rings. The molecule has 1 N–H and O–H groups in total. The van der Waals surface area contributed by atoms with Crippen LogP contribution in [0.15, 0.2) is 97.1 Å². The van der Waals surface area contributed by atoms with E-state index in [9.17, 15) is 0 Å². The lowest BCUT2D eigenvalue weighted by atomic mass is 9.93. The van der Waals surface area contributed by atoms with Gasteiger partial charge in [0.1, 0.15) is 0 Å². The van der Waals surface area contributed by atoms with Gasteiger partial charge in [-0.15, -0.1) is 0 Å². The van der Waals surface area contributed by atoms with Crippen LogP contribution in [0.4, 0.5) is 11.4 Å². The fourth-order valence-corrected chi connectivity index (χ4v) is 5.84. The van der Waals surface area contributed by atoms with E-state index in [4.69, 9.17) is 4.98 Å². The number of aromatic nitrogens is 1. The maximum Gasteiger partial charge on any atom is 0.0718 e. The van der Waals surface area contributed by atoms with Crippen LogP contribution < -0.4 is 5.32 Å². The SMILES string of the molecule is CCCCc1ccc(Nc2ccc(-c3cc(-c4ccc(CC)cc4CC)nc(-c4ccc(CC)cc4CC)c3)cc2)cc1. The summed E-state index contributed by atoms with van der Waals surface area (Å²) in [5.74, 6) is 0. The number of nitrogens with one attached hydrogen (secondary N) is 1. The van der Waals surface area contributed by atoms with Gasteiger partial charge in [0.2, 0.25) is 0 Å². The second-order valence-corrected chi connectivity index (χ2v) is 11.5. The van der Waals surface area contributed by atoms with Gasteiger partial charge < -0.3 is 5.32 Å². The third-order valence-electron chi connectivity index (χ3n) is 8.57. The Kier molecular flexibility index (Phi) is 10.1. The first-order valence-electron chi connectivity index (χ1n) is 16.3. The molecule has 2 nitrogen and oxygen atoms in total. The van der Waals surface area contributed by atoms with Crippen LogP contribution in [0.3, 0.4) is 0 Å². The predicted octanol–water partition coefficient (Wildman–Crippen LogP) is 11.4. The number of hydrogen-bond acceptors (Lipinski definition) is 2. The van der Waals surface area contributed by atoms with E-state index in [1.807, 2.05) is 0 Å². The maximum absolute atomic E-state index is 5.31. The summed E-state index contributed by atoms with van der Waals surface area (Å²) in [6.45, 7) is 11.2. The molecule has 1 heterocycles. The number of nitrogens with zero attached hydrogens (tertiary/aromatic N) is 1. The Balaban J connectivity index is 1.53. The van der Waals surface area contributed by atoms with Crippen LogP contribution >= 0.6 is 0 Å². The van der Waals surface area contributed by atoms with Crippen LogP contribution in [0.25, 0.3) is 33.6 Å². The smallest absolute Gasteiger partial charge is 0.0718 e. The van der Waals surface area contributed by atoms with E-state index < -0.39 is 0 Å². The zero-order valence-electron chi connectivity index (χ0n) is 26.6. The Hall–Kier alpha value is -4.17. The zero-order valence-corrected chi connectivity index (χ0v) is 26.6. The van der Waals surface area contributed by atoms with Gasteiger partial charge in [0.15, 0.2) is 0 Å². The van der Waals surface area contributed by atoms with Gasteiger partial charge in [-0.2, -0.15) is 0 Å². The highest BCUT2D eigenvalue weighted by atomic mass is 14.9. The molecule has 2 heteroatoms. The molecule has 0 saturated carbocycles. The molecule has 0 atom stereocenters. The molecule has 0 bridgehead atoms. The molecule has 0 unspecified atom stereocenters. The second-order valence-electron chi connectivity index (χ2n) is 11.5. The normalized spacial score (nSPS) is 11.1. The van der Waals surface area contributed by atoms with Gasteiger partial charge in [0.05, 0.1) is 11.4 Å². The van der Waals surface area contributed by atoms with Gasteiger partial charge in [-0.25, -0.2) is 4.98 Å². The van der Waals surface area contributed by atoms with Crippen molar-refractivity contribution < 1.29 is 0 Å². The van der Waals surface area contributed by atoms with Crippen LogP contribution in [-0.2, 0) is 32.1 Å². The van der Waals surface area contributed by atoms with E-state index in [1.54, 1.807) is 0 Å². The number of benzene rings is 4. The van der Waals surface area contributed by atoms with Crippen molar-refractivity contribution in [1.82, 2.24) is 4.98 Å². The summed E-state index contributed by atoms with van der Waals surface area (Å²) in [5, 5.41) is 3.58. The van der Waals surface area contributed by atoms with E-state index in [0.717, 1.165) is 54.9 Å². The van der Waals surface area contributed by atoms with Gasteiger partial charge in [-0.05, 0) is 114 Å². The van der Waals surface area contributed by atoms with Crippen LogP contribution in [0, 0.1) is 0 Å². The maximum atomic E-state index is 5.31. The highest BCUT2D eigenvalue weighted by molar-refractivity contribution is 5.79. The third-order valence-corrected chi connectivity index (χ3v) is 8.57. The van der Waals surface area contributed by atoms with Gasteiger partial charge in [0.25, 0.3) is 0 Å². The van der Waals surface area contributed by atoms with Crippen molar-refractivity contribution in [1.29, 1.82) is 0 Å². The molecule has 0 saturated heterocycles. The fraction of sp³-hybridized carbons (Fsp3) is 0.293. The summed E-state index contributed by atoms with van der Waals surface area (Å²) < 4.78 is 0. The molecule has 0 radical (unpaired) electrons. The zero-order chi connectivity index (χ0) is 30.2. The van der Waals surface area contributed by atoms with Crippen molar-refractivity contribution in [2.45, 2.75) is 79.6 Å². The number of unbranched alkanes of at least 4 members (excludes halogenated alkanes) is 1. The van der Waals surface area contributed by atoms with Crippen LogP contribution in [0.2, 0.25) is 0 Å². The molecule has 1 aromatic heterocycles. The fourth-order valence-electron chi connectivity index (χ4n) is 5.84. The lowest BCUT2D eigenvalue weighted by molar-refractivity contribution is 0.795. The average molecular weight is 567 g/mol. The minimum Gasteiger partial charge on any atom is -0.356 e. The second kappa shape index (κ2) is 14.3. The van der Waals surface area contributed by atoms with Crippen molar-refractivity contribution in [3.8, 4) is 33.6 Å². The van der Waals surface area contributed by atoms with Gasteiger partial charge >= 0.3 is 0 Å². The van der Waals surface area contributed by atoms with E-state index in [-0.39, 0.29) is 0 Å². The number of hydrogen-bond donors (Lipinski definition) is 1. The quantitative estimate of drug-likeness (QED) is 0.162. The number of pyridine rings is 1. The molecule has 5 aromatic rings. The monoisotopic (exact) mass is 566 g/mol. The van der Waals surface area contributed by atoms with E-state index in [1.165, 1.54) is 62.9 Å². The Labute approximate surface area is 259 Å². The topological polar surface area (TPSA) is 24.9 Å². The first-order valence-corrected chi connectivity index (χ1v) is 16.3. The lowest BCUT2D eigenvalue weighted by Crippen LogP contribution is -1.98. The standard InChI is InChI=1S/C41H46N2/c1-6-11-12-31-13-19-36(20-14-31)42-37-21-17-34(18-22-37)35-27-40(38-23-15-29(7-2)25-32(38)9-4)43-41(28-35)39-24-16-30(8-3)26-33(39)10-5/h13-28,42H,6-12H2,1-5H3. The Morgan fingerprint density at radius 3 is 1.44 bits per heavy atom. The summed E-state index contributed by atoms with van der Waals surface area (Å²) >= 11 is 0. The molecular weight excluding hydrogens is 520 g/mol. The highest BCUT2D eigenvalue weighted by Gasteiger charge is 2.14. The molecule has 0 amide bonds. The van der Waals surface area contributed by atoms with Crippen molar-refractivity contribution in [2.75, 3.05) is 5.32 Å². The minimum absolute atomic E-state index is 0.982. The molecular formula is C41H46N2. The Bertz CT molecular complexity index is 1570. The lowest BCUT2D eigenvalue weighted by Gasteiger charge is -2.16. The first-order chi connectivity index (χ1) is 21.0. The number of anilines is 2. The Morgan fingerprint density at radius 2 is 0.977 bits per heavy atom. The van der Waals surface area contributed by atoms with Gasteiger partial charge in [-0.3, -0.25) is 0 Å². The molecule has 5 rings (SSSR count). The molecule has 220 valence electrons. The summed E-state index contributed by atoms with van der Waals surface area (Å²) in [5.41, 5.74) is 16.0. The van der Waals surface area contributed by atoms with Gasteiger partial charge in [0, 0.05) is 22.5 Å². The van der Waals surface area contributed by atoms with Crippen molar-refractivity contribution in [3.05, 3.63) is 125 Å². The van der Waals surface area contributed by atoms with Crippen molar-refractivity contribution in [2.24, 2.45) is 0 Å². The predicted molar refractivity (Wildman–Crippen MR) is 186 cm³/mol. The third kappa shape index (κ3) is 7.25. The summed E-state index contributed by atoms with van der Waals surface area (Å²) in [6.07, 6.45) is 7.65. The number of aryl methyl sites for hydroxylation is 5. The van der Waals surface area contributed by atoms with Gasteiger partial charge in [-0.1, -0.05) is 102 Å². The van der Waals surface area contributed by atoms with Crippen molar-refractivity contribution in [3.63, 3.8) is 0 Å². The molecule has 0 aliphatic heterocycles. The highest BCUT2D eigenvalue weighted by Crippen LogP contribution is 2.34. The molecule has 0 aliphatic carbocycles. The average Bonchev–Trinajstić information content (AvgIpc) is 3.07. The largest absolute Gasteiger partial charge is 0.356 e. The van der Waals surface area contributed by atoms with Crippen LogP contribution in [0.1, 0.15) is 75.3 Å². The van der Waals surface area contributed by atoms with Crippen LogP contribution in [-0.4, -0.2) is 4.98 Å². The summed E-state index contributed by atoms with van der Waals surface area (Å²) in [6, 6.07) is 36.0. The first kappa shape index (κ1) is 30.3. The minimum atomic E-state index is 0.982. The van der Waals surface area contributed by atoms with Crippen LogP contribution in [0.5, 0.6) is 0 Å². The molecule has 4 aromatic carbocycles. The Morgan fingerprint density at radius 1 is 0.488 bits per heavy atom. The van der Waals surface area contributed by atoms with Crippen molar-refractivity contribution >= 4 is 11.4 Å². The molecule has 0 fully saturated rings. The van der Waals surface area contributed by atoms with E-state index in [2.05, 4.69) is 137 Å². The van der Waals surface area contributed by atoms with E-state index >= 15 is 0 Å².